The van der Waals surface area contributed by atoms with Crippen molar-refractivity contribution in [2.75, 3.05) is 6.61 Å². The van der Waals surface area contributed by atoms with Gasteiger partial charge in [0.2, 0.25) is 6.29 Å². The molecule has 0 aromatic heterocycles. The van der Waals surface area contributed by atoms with Gasteiger partial charge in [-0.05, 0) is 13.3 Å². The Balaban J connectivity index is 3.45. The Labute approximate surface area is 91.8 Å². The van der Waals surface area contributed by atoms with Gasteiger partial charge in [-0.3, -0.25) is 0 Å². The van der Waals surface area contributed by atoms with Gasteiger partial charge in [-0.1, -0.05) is 38.5 Å². The zero-order valence-corrected chi connectivity index (χ0v) is 9.57. The van der Waals surface area contributed by atoms with Gasteiger partial charge in [0, 0.05) is 6.08 Å². The lowest BCUT2D eigenvalue weighted by molar-refractivity contribution is -0.166. The topological polar surface area (TPSA) is 35.5 Å². The average molecular weight is 212 g/mol. The summed E-state index contributed by atoms with van der Waals surface area (Å²) in [5.74, 6) is -0.461. The van der Waals surface area contributed by atoms with Crippen LogP contribution >= 0.6 is 0 Å². The Hall–Kier alpha value is -1.09. The van der Waals surface area contributed by atoms with Crippen LogP contribution in [0.5, 0.6) is 0 Å². The van der Waals surface area contributed by atoms with Crippen molar-refractivity contribution >= 4 is 5.97 Å². The summed E-state index contributed by atoms with van der Waals surface area (Å²) in [4.78, 5) is 10.8. The molecule has 1 unspecified atom stereocenters. The monoisotopic (exact) mass is 212 g/mol. The SMILES string of the molecule is C=CC(=O)OC(C)OC/C=C/CCCC. The van der Waals surface area contributed by atoms with Gasteiger partial charge in [0.25, 0.3) is 0 Å². The van der Waals surface area contributed by atoms with Crippen molar-refractivity contribution in [3.63, 3.8) is 0 Å². The van der Waals surface area contributed by atoms with E-state index in [1.807, 2.05) is 6.08 Å². The summed E-state index contributed by atoms with van der Waals surface area (Å²) in [6.07, 6.45) is 8.07. The van der Waals surface area contributed by atoms with Crippen molar-refractivity contribution < 1.29 is 14.3 Å². The van der Waals surface area contributed by atoms with Crippen LogP contribution in [-0.4, -0.2) is 18.9 Å². The van der Waals surface area contributed by atoms with Crippen LogP contribution in [0, 0.1) is 0 Å². The molecule has 0 aromatic rings. The van der Waals surface area contributed by atoms with Crippen molar-refractivity contribution in [1.29, 1.82) is 0 Å². The van der Waals surface area contributed by atoms with Crippen molar-refractivity contribution in [1.82, 2.24) is 0 Å². The van der Waals surface area contributed by atoms with Crippen molar-refractivity contribution in [3.8, 4) is 0 Å². The second-order valence-electron chi connectivity index (χ2n) is 3.16. The van der Waals surface area contributed by atoms with Gasteiger partial charge in [0.05, 0.1) is 6.61 Å². The molecule has 0 aliphatic heterocycles. The third-order valence-corrected chi connectivity index (χ3v) is 1.77. The average Bonchev–Trinajstić information content (AvgIpc) is 2.23. The van der Waals surface area contributed by atoms with Crippen LogP contribution < -0.4 is 0 Å². The van der Waals surface area contributed by atoms with E-state index in [1.54, 1.807) is 6.92 Å². The minimum atomic E-state index is -0.522. The molecule has 0 aliphatic carbocycles. The van der Waals surface area contributed by atoms with E-state index in [9.17, 15) is 4.79 Å². The van der Waals surface area contributed by atoms with E-state index in [2.05, 4.69) is 19.6 Å². The summed E-state index contributed by atoms with van der Waals surface area (Å²) < 4.78 is 10.0. The van der Waals surface area contributed by atoms with Gasteiger partial charge in [-0.2, -0.15) is 0 Å². The van der Waals surface area contributed by atoms with Crippen LogP contribution in [0.1, 0.15) is 33.1 Å². The molecule has 0 aromatic carbocycles. The fourth-order valence-electron chi connectivity index (χ4n) is 0.945. The number of hydrogen-bond donors (Lipinski definition) is 0. The van der Waals surface area contributed by atoms with Gasteiger partial charge in [-0.25, -0.2) is 4.79 Å². The second-order valence-corrected chi connectivity index (χ2v) is 3.16. The van der Waals surface area contributed by atoms with Gasteiger partial charge >= 0.3 is 5.97 Å². The molecule has 0 N–H and O–H groups in total. The smallest absolute Gasteiger partial charge is 0.332 e. The summed E-state index contributed by atoms with van der Waals surface area (Å²) in [5, 5.41) is 0. The van der Waals surface area contributed by atoms with E-state index in [0.717, 1.165) is 12.5 Å². The first-order valence-electron chi connectivity index (χ1n) is 5.30. The maximum Gasteiger partial charge on any atom is 0.332 e. The van der Waals surface area contributed by atoms with Gasteiger partial charge < -0.3 is 9.47 Å². The summed E-state index contributed by atoms with van der Waals surface area (Å²) >= 11 is 0. The molecule has 0 saturated carbocycles. The Morgan fingerprint density at radius 2 is 2.20 bits per heavy atom. The molecule has 0 radical (unpaired) electrons. The Bertz CT molecular complexity index is 209. The number of unbranched alkanes of at least 4 members (excludes halogenated alkanes) is 2. The lowest BCUT2D eigenvalue weighted by atomic mass is 10.2. The quantitative estimate of drug-likeness (QED) is 0.204. The largest absolute Gasteiger partial charge is 0.433 e. The molecule has 1 atom stereocenters. The molecule has 3 heteroatoms. The van der Waals surface area contributed by atoms with E-state index in [-0.39, 0.29) is 0 Å². The molecule has 0 fully saturated rings. The molecule has 0 amide bonds. The van der Waals surface area contributed by atoms with Crippen molar-refractivity contribution in [2.45, 2.75) is 39.4 Å². The summed E-state index contributed by atoms with van der Waals surface area (Å²) in [7, 11) is 0. The predicted octanol–water partition coefficient (Wildman–Crippen LogP) is 2.82. The number of hydrogen-bond acceptors (Lipinski definition) is 3. The molecule has 0 aliphatic rings. The van der Waals surface area contributed by atoms with E-state index in [0.29, 0.717) is 6.61 Å². The van der Waals surface area contributed by atoms with Gasteiger partial charge in [-0.15, -0.1) is 0 Å². The van der Waals surface area contributed by atoms with E-state index in [4.69, 9.17) is 9.47 Å². The zero-order chi connectivity index (χ0) is 11.5. The minimum Gasteiger partial charge on any atom is -0.433 e. The molecule has 3 nitrogen and oxygen atoms in total. The highest BCUT2D eigenvalue weighted by Gasteiger charge is 2.04. The number of esters is 1. The predicted molar refractivity (Wildman–Crippen MR) is 60.4 cm³/mol. The summed E-state index contributed by atoms with van der Waals surface area (Å²) in [6.45, 7) is 7.60. The number of allylic oxidation sites excluding steroid dienone is 1. The number of ether oxygens (including phenoxy) is 2. The van der Waals surface area contributed by atoms with E-state index in [1.165, 1.54) is 12.8 Å². The van der Waals surface area contributed by atoms with Gasteiger partial charge in [0.15, 0.2) is 0 Å². The molecule has 0 rings (SSSR count). The fourth-order valence-corrected chi connectivity index (χ4v) is 0.945. The van der Waals surface area contributed by atoms with Crippen LogP contribution in [0.15, 0.2) is 24.8 Å². The van der Waals surface area contributed by atoms with Crippen LogP contribution in [0.2, 0.25) is 0 Å². The summed E-state index contributed by atoms with van der Waals surface area (Å²) in [6, 6.07) is 0. The highest BCUT2D eigenvalue weighted by Crippen LogP contribution is 1.97. The van der Waals surface area contributed by atoms with Crippen LogP contribution in [0.3, 0.4) is 0 Å². The Morgan fingerprint density at radius 3 is 2.80 bits per heavy atom. The standard InChI is InChI=1S/C12H20O3/c1-4-6-7-8-9-10-14-11(3)15-12(13)5-2/h5,8-9,11H,2,4,6-7,10H2,1,3H3/b9-8+. The molecule has 0 spiro atoms. The van der Waals surface area contributed by atoms with Crippen molar-refractivity contribution in [2.24, 2.45) is 0 Å². The molecule has 15 heavy (non-hydrogen) atoms. The Kier molecular flexibility index (Phi) is 8.78. The second kappa shape index (κ2) is 9.46. The molecule has 86 valence electrons. The van der Waals surface area contributed by atoms with Crippen LogP contribution in [0.25, 0.3) is 0 Å². The molecule has 0 bridgehead atoms. The molecule has 0 saturated heterocycles. The lowest BCUT2D eigenvalue weighted by Gasteiger charge is -2.10. The first kappa shape index (κ1) is 13.9. The van der Waals surface area contributed by atoms with Crippen LogP contribution in [0.4, 0.5) is 0 Å². The van der Waals surface area contributed by atoms with Crippen LogP contribution in [-0.2, 0) is 14.3 Å². The first-order chi connectivity index (χ1) is 7.20. The van der Waals surface area contributed by atoms with Gasteiger partial charge in [0.1, 0.15) is 0 Å². The molecular weight excluding hydrogens is 192 g/mol. The molecular formula is C12H20O3. The third kappa shape index (κ3) is 9.22. The fraction of sp³-hybridized carbons (Fsp3) is 0.583. The molecule has 0 heterocycles. The van der Waals surface area contributed by atoms with E-state index >= 15 is 0 Å². The highest BCUT2D eigenvalue weighted by molar-refractivity contribution is 5.81. The normalized spacial score (nSPS) is 12.7. The van der Waals surface area contributed by atoms with Crippen molar-refractivity contribution in [3.05, 3.63) is 24.8 Å². The number of rotatable bonds is 8. The van der Waals surface area contributed by atoms with E-state index < -0.39 is 12.3 Å². The highest BCUT2D eigenvalue weighted by atomic mass is 16.7. The minimum absolute atomic E-state index is 0.461. The first-order valence-corrected chi connectivity index (χ1v) is 5.30. The maximum absolute atomic E-state index is 10.8. The lowest BCUT2D eigenvalue weighted by Crippen LogP contribution is -2.16. The Morgan fingerprint density at radius 1 is 1.47 bits per heavy atom. The number of carbonyl (C=O) groups is 1. The third-order valence-electron chi connectivity index (χ3n) is 1.77. The maximum atomic E-state index is 10.8. The number of carbonyl (C=O) groups excluding carboxylic acids is 1. The summed E-state index contributed by atoms with van der Waals surface area (Å²) in [5.41, 5.74) is 0. The zero-order valence-electron chi connectivity index (χ0n) is 9.57.